The largest absolute Gasteiger partial charge is 0.488 e. The molecule has 0 aliphatic carbocycles. The number of nitrogens with zero attached hydrogens (tertiary/aromatic N) is 1. The molecule has 1 fully saturated rings. The quantitative estimate of drug-likeness (QED) is 0.739. The molecular weight excluding hydrogens is 330 g/mol. The third-order valence-corrected chi connectivity index (χ3v) is 4.45. The molecule has 1 aromatic heterocycles. The zero-order valence-electron chi connectivity index (χ0n) is 14.4. The van der Waals surface area contributed by atoms with Gasteiger partial charge in [0, 0.05) is 6.54 Å². The van der Waals surface area contributed by atoms with E-state index in [1.807, 2.05) is 42.5 Å². The van der Waals surface area contributed by atoms with Crippen molar-refractivity contribution in [1.29, 1.82) is 0 Å². The lowest BCUT2D eigenvalue weighted by atomic mass is 10.1. The lowest BCUT2D eigenvalue weighted by molar-refractivity contribution is 0.0918. The Morgan fingerprint density at radius 2 is 1.96 bits per heavy atom. The van der Waals surface area contributed by atoms with Gasteiger partial charge in [-0.3, -0.25) is 4.79 Å². The molecule has 1 saturated heterocycles. The monoisotopic (exact) mass is 351 g/mol. The Hall–Kier alpha value is -2.86. The van der Waals surface area contributed by atoms with Gasteiger partial charge in [-0.2, -0.15) is 0 Å². The second kappa shape index (κ2) is 7.58. The van der Waals surface area contributed by atoms with E-state index < -0.39 is 0 Å². The second-order valence-electron chi connectivity index (χ2n) is 6.36. The van der Waals surface area contributed by atoms with Crippen LogP contribution in [0.4, 0.5) is 0 Å². The van der Waals surface area contributed by atoms with E-state index in [1.54, 1.807) is 6.07 Å². The van der Waals surface area contributed by atoms with Crippen molar-refractivity contribution in [3.8, 4) is 5.75 Å². The van der Waals surface area contributed by atoms with Gasteiger partial charge in [-0.1, -0.05) is 36.4 Å². The molecule has 26 heavy (non-hydrogen) atoms. The summed E-state index contributed by atoms with van der Waals surface area (Å²) in [5.74, 6) is 0.385. The fourth-order valence-electron chi connectivity index (χ4n) is 3.06. The van der Waals surface area contributed by atoms with Crippen LogP contribution < -0.4 is 15.4 Å². The Kier molecular flexibility index (Phi) is 4.84. The van der Waals surface area contributed by atoms with Gasteiger partial charge in [0.1, 0.15) is 11.9 Å². The summed E-state index contributed by atoms with van der Waals surface area (Å²) >= 11 is 0. The SMILES string of the molecule is O=C(NCc1ccccc1)c1nc2c(OC3CCNCC3)cccc2o1. The van der Waals surface area contributed by atoms with Crippen LogP contribution in [0, 0.1) is 0 Å². The first-order chi connectivity index (χ1) is 12.8. The number of fused-ring (bicyclic) bond motifs is 1. The van der Waals surface area contributed by atoms with E-state index in [9.17, 15) is 4.79 Å². The summed E-state index contributed by atoms with van der Waals surface area (Å²) in [6.07, 6.45) is 2.08. The smallest absolute Gasteiger partial charge is 0.307 e. The van der Waals surface area contributed by atoms with Crippen molar-refractivity contribution in [3.63, 3.8) is 0 Å². The van der Waals surface area contributed by atoms with Crippen molar-refractivity contribution >= 4 is 17.0 Å². The molecule has 0 saturated carbocycles. The van der Waals surface area contributed by atoms with Crippen LogP contribution in [0.3, 0.4) is 0 Å². The van der Waals surface area contributed by atoms with E-state index in [2.05, 4.69) is 15.6 Å². The highest BCUT2D eigenvalue weighted by Gasteiger charge is 2.20. The van der Waals surface area contributed by atoms with Gasteiger partial charge >= 0.3 is 5.91 Å². The maximum Gasteiger partial charge on any atom is 0.307 e. The molecule has 6 nitrogen and oxygen atoms in total. The summed E-state index contributed by atoms with van der Waals surface area (Å²) in [6, 6.07) is 15.3. The average molecular weight is 351 g/mol. The van der Waals surface area contributed by atoms with E-state index in [1.165, 1.54) is 0 Å². The first-order valence-corrected chi connectivity index (χ1v) is 8.88. The Balaban J connectivity index is 1.49. The topological polar surface area (TPSA) is 76.4 Å². The van der Waals surface area contributed by atoms with Crippen LogP contribution in [0.15, 0.2) is 52.9 Å². The first kappa shape index (κ1) is 16.6. The number of carbonyl (C=O) groups is 1. The molecule has 2 heterocycles. The van der Waals surface area contributed by atoms with Crippen molar-refractivity contribution in [2.75, 3.05) is 13.1 Å². The molecule has 0 unspecified atom stereocenters. The van der Waals surface area contributed by atoms with Gasteiger partial charge < -0.3 is 19.8 Å². The highest BCUT2D eigenvalue weighted by atomic mass is 16.5. The van der Waals surface area contributed by atoms with Crippen LogP contribution >= 0.6 is 0 Å². The second-order valence-corrected chi connectivity index (χ2v) is 6.36. The summed E-state index contributed by atoms with van der Waals surface area (Å²) in [5.41, 5.74) is 2.17. The van der Waals surface area contributed by atoms with Gasteiger partial charge in [-0.15, -0.1) is 0 Å². The normalized spacial score (nSPS) is 15.1. The highest BCUT2D eigenvalue weighted by molar-refractivity contribution is 5.93. The maximum atomic E-state index is 12.4. The molecule has 0 bridgehead atoms. The zero-order chi connectivity index (χ0) is 17.8. The molecule has 0 spiro atoms. The van der Waals surface area contributed by atoms with Gasteiger partial charge in [0.25, 0.3) is 5.89 Å². The predicted octanol–water partition coefficient (Wildman–Crippen LogP) is 2.89. The summed E-state index contributed by atoms with van der Waals surface area (Å²) in [7, 11) is 0. The first-order valence-electron chi connectivity index (χ1n) is 8.88. The minimum Gasteiger partial charge on any atom is -0.488 e. The fraction of sp³-hybridized carbons (Fsp3) is 0.300. The number of ether oxygens (including phenoxy) is 1. The van der Waals surface area contributed by atoms with E-state index in [0.717, 1.165) is 31.5 Å². The number of para-hydroxylation sites is 1. The number of rotatable bonds is 5. The van der Waals surface area contributed by atoms with Crippen LogP contribution in [-0.2, 0) is 6.54 Å². The number of oxazole rings is 1. The molecule has 2 aromatic carbocycles. The lowest BCUT2D eigenvalue weighted by Crippen LogP contribution is -2.34. The number of piperidine rings is 1. The van der Waals surface area contributed by atoms with Crippen molar-refractivity contribution in [3.05, 3.63) is 60.0 Å². The average Bonchev–Trinajstić information content (AvgIpc) is 3.13. The van der Waals surface area contributed by atoms with Crippen molar-refractivity contribution in [1.82, 2.24) is 15.6 Å². The summed E-state index contributed by atoms with van der Waals surface area (Å²) in [4.78, 5) is 16.7. The molecule has 2 N–H and O–H groups in total. The van der Waals surface area contributed by atoms with E-state index in [0.29, 0.717) is 23.4 Å². The molecule has 3 aromatic rings. The Morgan fingerprint density at radius 1 is 1.15 bits per heavy atom. The van der Waals surface area contributed by atoms with Gasteiger partial charge in [0.15, 0.2) is 11.1 Å². The van der Waals surface area contributed by atoms with Crippen molar-refractivity contribution in [2.24, 2.45) is 0 Å². The van der Waals surface area contributed by atoms with E-state index in [4.69, 9.17) is 9.15 Å². The van der Waals surface area contributed by atoms with Gasteiger partial charge in [0.2, 0.25) is 0 Å². The standard InChI is InChI=1S/C20H21N3O3/c24-19(22-13-14-5-2-1-3-6-14)20-23-18-16(7-4-8-17(18)26-20)25-15-9-11-21-12-10-15/h1-8,15,21H,9-13H2,(H,22,24). The van der Waals surface area contributed by atoms with Gasteiger partial charge in [-0.25, -0.2) is 4.98 Å². The third-order valence-electron chi connectivity index (χ3n) is 4.45. The van der Waals surface area contributed by atoms with Gasteiger partial charge in [0.05, 0.1) is 0 Å². The molecule has 0 atom stereocenters. The summed E-state index contributed by atoms with van der Waals surface area (Å²) in [5, 5.41) is 6.15. The zero-order valence-corrected chi connectivity index (χ0v) is 14.4. The molecule has 1 aliphatic rings. The van der Waals surface area contributed by atoms with Gasteiger partial charge in [-0.05, 0) is 43.6 Å². The Morgan fingerprint density at radius 3 is 2.77 bits per heavy atom. The lowest BCUT2D eigenvalue weighted by Gasteiger charge is -2.23. The Labute approximate surface area is 151 Å². The number of hydrogen-bond donors (Lipinski definition) is 2. The molecule has 134 valence electrons. The number of nitrogens with one attached hydrogen (secondary N) is 2. The van der Waals surface area contributed by atoms with Crippen LogP contribution in [0.25, 0.3) is 11.1 Å². The highest BCUT2D eigenvalue weighted by Crippen LogP contribution is 2.27. The third kappa shape index (κ3) is 3.70. The molecule has 4 rings (SSSR count). The Bertz CT molecular complexity index is 886. The van der Waals surface area contributed by atoms with E-state index >= 15 is 0 Å². The van der Waals surface area contributed by atoms with Crippen LogP contribution in [0.1, 0.15) is 29.1 Å². The number of benzene rings is 2. The predicted molar refractivity (Wildman–Crippen MR) is 98.1 cm³/mol. The molecule has 0 radical (unpaired) electrons. The molecule has 1 aliphatic heterocycles. The maximum absolute atomic E-state index is 12.4. The molecule has 6 heteroatoms. The minimum absolute atomic E-state index is 0.0530. The van der Waals surface area contributed by atoms with Crippen LogP contribution in [0.5, 0.6) is 5.75 Å². The minimum atomic E-state index is -0.335. The van der Waals surface area contributed by atoms with E-state index in [-0.39, 0.29) is 17.9 Å². The number of carbonyl (C=O) groups excluding carboxylic acids is 1. The van der Waals surface area contributed by atoms with Crippen LogP contribution in [0.2, 0.25) is 0 Å². The van der Waals surface area contributed by atoms with Crippen LogP contribution in [-0.4, -0.2) is 30.1 Å². The van der Waals surface area contributed by atoms with Crippen molar-refractivity contribution in [2.45, 2.75) is 25.5 Å². The summed E-state index contributed by atoms with van der Waals surface area (Å²) < 4.78 is 11.7. The van der Waals surface area contributed by atoms with Crippen molar-refractivity contribution < 1.29 is 13.9 Å². The number of amides is 1. The number of hydrogen-bond acceptors (Lipinski definition) is 5. The fourth-order valence-corrected chi connectivity index (χ4v) is 3.06. The molecular formula is C20H21N3O3. The molecule has 1 amide bonds. The number of aromatic nitrogens is 1. The summed E-state index contributed by atoms with van der Waals surface area (Å²) in [6.45, 7) is 2.33.